The van der Waals surface area contributed by atoms with Crippen molar-refractivity contribution in [1.82, 2.24) is 4.90 Å². The first-order chi connectivity index (χ1) is 8.55. The lowest BCUT2D eigenvalue weighted by Crippen LogP contribution is -2.48. The highest BCUT2D eigenvalue weighted by molar-refractivity contribution is 5.81. The maximum atomic E-state index is 11.7. The normalized spacial score (nSPS) is 38.4. The monoisotopic (exact) mass is 256 g/mol. The van der Waals surface area contributed by atoms with Crippen LogP contribution in [0, 0.1) is 0 Å². The van der Waals surface area contributed by atoms with E-state index in [-0.39, 0.29) is 12.1 Å². The molecule has 1 saturated heterocycles. The minimum atomic E-state index is -0.782. The highest BCUT2D eigenvalue weighted by atomic mass is 16.5. The molecule has 0 bridgehead atoms. The molecule has 0 spiro atoms. The molecular formula is C13H24N2O3. The van der Waals surface area contributed by atoms with Crippen LogP contribution in [0.4, 0.5) is 0 Å². The lowest BCUT2D eigenvalue weighted by atomic mass is 9.99. The highest BCUT2D eigenvalue weighted by Gasteiger charge is 2.44. The first-order valence-electron chi connectivity index (χ1n) is 6.78. The third-order valence-electron chi connectivity index (χ3n) is 4.12. The Morgan fingerprint density at radius 2 is 2.33 bits per heavy atom. The van der Waals surface area contributed by atoms with E-state index in [9.17, 15) is 4.79 Å². The number of nitrogens with zero attached hydrogens (tertiary/aromatic N) is 1. The average Bonchev–Trinajstić information content (AvgIpc) is 2.63. The Balaban J connectivity index is 1.97. The van der Waals surface area contributed by atoms with Crippen LogP contribution in [-0.2, 0) is 14.3 Å². The van der Waals surface area contributed by atoms with Crippen molar-refractivity contribution in [3.8, 4) is 0 Å². The molecule has 2 N–H and O–H groups in total. The predicted molar refractivity (Wildman–Crippen MR) is 68.2 cm³/mol. The Bertz CT molecular complexity index is 311. The van der Waals surface area contributed by atoms with E-state index in [0.29, 0.717) is 12.5 Å². The molecule has 0 radical (unpaired) electrons. The number of hydrogen-bond donors (Lipinski definition) is 1. The molecule has 3 atom stereocenters. The van der Waals surface area contributed by atoms with Gasteiger partial charge in [0.25, 0.3) is 0 Å². The lowest BCUT2D eigenvalue weighted by molar-refractivity contribution is -0.147. The van der Waals surface area contributed by atoms with E-state index in [1.54, 1.807) is 0 Å². The fraction of sp³-hybridized carbons (Fsp3) is 0.923. The summed E-state index contributed by atoms with van der Waals surface area (Å²) in [5.41, 5.74) is 5.37. The Hall–Kier alpha value is -0.650. The van der Waals surface area contributed by atoms with E-state index in [1.807, 2.05) is 0 Å². The van der Waals surface area contributed by atoms with Gasteiger partial charge in [0, 0.05) is 25.7 Å². The van der Waals surface area contributed by atoms with Gasteiger partial charge in [-0.1, -0.05) is 0 Å². The van der Waals surface area contributed by atoms with Gasteiger partial charge in [-0.2, -0.15) is 0 Å². The third-order valence-corrected chi connectivity index (χ3v) is 4.12. The molecule has 5 nitrogen and oxygen atoms in total. The molecule has 2 aliphatic rings. The van der Waals surface area contributed by atoms with Gasteiger partial charge in [0.2, 0.25) is 0 Å². The number of hydrogen-bond acceptors (Lipinski definition) is 5. The number of carbonyl (C=O) groups excluding carboxylic acids is 1. The summed E-state index contributed by atoms with van der Waals surface area (Å²) < 4.78 is 10.5. The van der Waals surface area contributed by atoms with Gasteiger partial charge in [0.05, 0.1) is 13.2 Å². The van der Waals surface area contributed by atoms with Crippen molar-refractivity contribution < 1.29 is 14.3 Å². The fourth-order valence-electron chi connectivity index (χ4n) is 3.11. The molecule has 0 aromatic carbocycles. The maximum absolute atomic E-state index is 11.7. The second-order valence-corrected chi connectivity index (χ2v) is 5.57. The Kier molecular flexibility index (Phi) is 4.25. The van der Waals surface area contributed by atoms with Crippen molar-refractivity contribution in [2.75, 3.05) is 26.8 Å². The zero-order valence-corrected chi connectivity index (χ0v) is 11.4. The van der Waals surface area contributed by atoms with Crippen LogP contribution in [0.3, 0.4) is 0 Å². The standard InChI is InChI=1S/C13H24N2O3/c1-10-9-15(6-3-7-18-10)11-4-5-13(14,8-11)12(16)17-2/h10-11H,3-9,14H2,1-2H3. The summed E-state index contributed by atoms with van der Waals surface area (Å²) in [5, 5.41) is 0. The molecule has 0 aromatic heterocycles. The van der Waals surface area contributed by atoms with Crippen molar-refractivity contribution in [2.24, 2.45) is 5.73 Å². The predicted octanol–water partition coefficient (Wildman–Crippen LogP) is 0.520. The van der Waals surface area contributed by atoms with E-state index >= 15 is 0 Å². The summed E-state index contributed by atoms with van der Waals surface area (Å²) in [6.45, 7) is 4.90. The molecule has 1 saturated carbocycles. The van der Waals surface area contributed by atoms with Crippen LogP contribution in [0.1, 0.15) is 32.6 Å². The van der Waals surface area contributed by atoms with E-state index in [2.05, 4.69) is 11.8 Å². The van der Waals surface area contributed by atoms with Gasteiger partial charge in [-0.3, -0.25) is 9.69 Å². The Morgan fingerprint density at radius 3 is 3.06 bits per heavy atom. The number of nitrogens with two attached hydrogens (primary N) is 1. The van der Waals surface area contributed by atoms with Crippen LogP contribution in [0.25, 0.3) is 0 Å². The SMILES string of the molecule is COC(=O)C1(N)CCC(N2CCCOC(C)C2)C1. The van der Waals surface area contributed by atoms with E-state index in [4.69, 9.17) is 15.2 Å². The Morgan fingerprint density at radius 1 is 1.56 bits per heavy atom. The smallest absolute Gasteiger partial charge is 0.325 e. The van der Waals surface area contributed by atoms with Crippen molar-refractivity contribution in [3.05, 3.63) is 0 Å². The summed E-state index contributed by atoms with van der Waals surface area (Å²) >= 11 is 0. The van der Waals surface area contributed by atoms with Crippen LogP contribution in [0.5, 0.6) is 0 Å². The zero-order valence-electron chi connectivity index (χ0n) is 11.4. The van der Waals surface area contributed by atoms with Crippen LogP contribution in [-0.4, -0.2) is 55.4 Å². The average molecular weight is 256 g/mol. The van der Waals surface area contributed by atoms with Crippen molar-refractivity contribution in [3.63, 3.8) is 0 Å². The summed E-state index contributed by atoms with van der Waals surface area (Å²) in [6, 6.07) is 0.387. The lowest BCUT2D eigenvalue weighted by Gasteiger charge is -2.29. The van der Waals surface area contributed by atoms with Gasteiger partial charge in [0.15, 0.2) is 0 Å². The third kappa shape index (κ3) is 2.84. The first-order valence-corrected chi connectivity index (χ1v) is 6.78. The van der Waals surface area contributed by atoms with Gasteiger partial charge in [-0.15, -0.1) is 0 Å². The zero-order chi connectivity index (χ0) is 13.2. The van der Waals surface area contributed by atoms with E-state index in [0.717, 1.165) is 39.0 Å². The Labute approximate surface area is 109 Å². The van der Waals surface area contributed by atoms with Crippen molar-refractivity contribution in [2.45, 2.75) is 50.3 Å². The largest absolute Gasteiger partial charge is 0.468 e. The molecule has 3 unspecified atom stereocenters. The summed E-state index contributed by atoms with van der Waals surface area (Å²) in [6.07, 6.45) is 3.70. The van der Waals surface area contributed by atoms with Gasteiger partial charge in [0.1, 0.15) is 5.54 Å². The van der Waals surface area contributed by atoms with E-state index in [1.165, 1.54) is 7.11 Å². The van der Waals surface area contributed by atoms with Crippen LogP contribution >= 0.6 is 0 Å². The van der Waals surface area contributed by atoms with Crippen molar-refractivity contribution >= 4 is 5.97 Å². The van der Waals surface area contributed by atoms with Crippen molar-refractivity contribution in [1.29, 1.82) is 0 Å². The molecule has 1 aliphatic carbocycles. The molecule has 5 heteroatoms. The second-order valence-electron chi connectivity index (χ2n) is 5.57. The maximum Gasteiger partial charge on any atom is 0.325 e. The van der Waals surface area contributed by atoms with Crippen LogP contribution in [0.15, 0.2) is 0 Å². The van der Waals surface area contributed by atoms with Gasteiger partial charge >= 0.3 is 5.97 Å². The number of methoxy groups -OCH3 is 1. The number of ether oxygens (including phenoxy) is 2. The number of rotatable bonds is 2. The minimum Gasteiger partial charge on any atom is -0.468 e. The summed E-state index contributed by atoms with van der Waals surface area (Å²) in [7, 11) is 1.41. The highest BCUT2D eigenvalue weighted by Crippen LogP contribution is 2.32. The molecule has 0 aromatic rings. The topological polar surface area (TPSA) is 64.8 Å². The molecule has 2 rings (SSSR count). The van der Waals surface area contributed by atoms with Crippen LogP contribution in [0.2, 0.25) is 0 Å². The molecule has 0 amide bonds. The van der Waals surface area contributed by atoms with Gasteiger partial charge < -0.3 is 15.2 Å². The molecule has 2 fully saturated rings. The van der Waals surface area contributed by atoms with E-state index < -0.39 is 5.54 Å². The number of esters is 1. The summed E-state index contributed by atoms with van der Waals surface area (Å²) in [5.74, 6) is -0.274. The quantitative estimate of drug-likeness (QED) is 0.730. The molecule has 104 valence electrons. The fourth-order valence-corrected chi connectivity index (χ4v) is 3.11. The minimum absolute atomic E-state index is 0.262. The second kappa shape index (κ2) is 5.55. The number of carbonyl (C=O) groups is 1. The summed E-state index contributed by atoms with van der Waals surface area (Å²) in [4.78, 5) is 14.1. The van der Waals surface area contributed by atoms with Gasteiger partial charge in [-0.05, 0) is 32.6 Å². The van der Waals surface area contributed by atoms with Crippen LogP contribution < -0.4 is 5.73 Å². The molecule has 18 heavy (non-hydrogen) atoms. The van der Waals surface area contributed by atoms with Gasteiger partial charge in [-0.25, -0.2) is 0 Å². The molecule has 1 aliphatic heterocycles. The first kappa shape index (κ1) is 13.8. The molecular weight excluding hydrogens is 232 g/mol. The molecule has 1 heterocycles.